The fourth-order valence-corrected chi connectivity index (χ4v) is 2.93. The lowest BCUT2D eigenvalue weighted by molar-refractivity contribution is 1.10. The third kappa shape index (κ3) is 2.42. The number of nitrogens with zero attached hydrogens (tertiary/aromatic N) is 2. The number of nitrogens with two attached hydrogens (primary N) is 1. The molecule has 0 fully saturated rings. The maximum Gasteiger partial charge on any atom is 0.153 e. The molecule has 0 radical (unpaired) electrons. The van der Waals surface area contributed by atoms with Crippen molar-refractivity contribution in [3.63, 3.8) is 0 Å². The highest BCUT2D eigenvalue weighted by Gasteiger charge is 2.15. The number of pyridine rings is 1. The van der Waals surface area contributed by atoms with Crippen molar-refractivity contribution in [3.05, 3.63) is 52.2 Å². The zero-order valence-corrected chi connectivity index (χ0v) is 12.6. The zero-order chi connectivity index (χ0) is 14.1. The molecule has 20 heavy (non-hydrogen) atoms. The van der Waals surface area contributed by atoms with Crippen LogP contribution in [0.3, 0.4) is 0 Å². The number of halogens is 2. The summed E-state index contributed by atoms with van der Waals surface area (Å²) in [6, 6.07) is 9.45. The fourth-order valence-electron chi connectivity index (χ4n) is 2.07. The summed E-state index contributed by atoms with van der Waals surface area (Å²) in [5, 5.41) is 7.69. The van der Waals surface area contributed by atoms with Crippen molar-refractivity contribution in [2.45, 2.75) is 0 Å². The molecule has 4 nitrogen and oxygen atoms in total. The van der Waals surface area contributed by atoms with Crippen LogP contribution in [-0.2, 0) is 0 Å². The van der Waals surface area contributed by atoms with Crippen molar-refractivity contribution in [1.29, 1.82) is 0 Å². The first-order chi connectivity index (χ1) is 9.65. The predicted molar refractivity (Wildman–Crippen MR) is 84.4 cm³/mol. The minimum atomic E-state index is 0.434. The molecular weight excluding hydrogens is 340 g/mol. The number of nitrogens with one attached hydrogen (secondary N) is 1. The second-order valence-electron chi connectivity index (χ2n) is 4.26. The number of benzene rings is 1. The Morgan fingerprint density at radius 1 is 1.20 bits per heavy atom. The van der Waals surface area contributed by atoms with Gasteiger partial charge in [-0.15, -0.1) is 0 Å². The molecule has 1 aromatic carbocycles. The molecular formula is C14H10BrClN4. The molecule has 3 aromatic rings. The van der Waals surface area contributed by atoms with E-state index >= 15 is 0 Å². The molecule has 0 spiro atoms. The van der Waals surface area contributed by atoms with Gasteiger partial charge in [-0.3, -0.25) is 10.1 Å². The molecule has 0 aliphatic rings. The number of hydrogen-bond donors (Lipinski definition) is 2. The maximum absolute atomic E-state index is 6.10. The van der Waals surface area contributed by atoms with Crippen LogP contribution in [0.1, 0.15) is 0 Å². The predicted octanol–water partition coefficient (Wildman–Crippen LogP) is 4.14. The van der Waals surface area contributed by atoms with E-state index in [1.165, 1.54) is 0 Å². The van der Waals surface area contributed by atoms with Gasteiger partial charge in [-0.05, 0) is 24.3 Å². The van der Waals surface area contributed by atoms with Gasteiger partial charge in [0.15, 0.2) is 5.82 Å². The summed E-state index contributed by atoms with van der Waals surface area (Å²) in [6.07, 6.45) is 3.47. The van der Waals surface area contributed by atoms with Crippen LogP contribution in [0, 0.1) is 0 Å². The Balaban J connectivity index is 2.21. The molecule has 100 valence electrons. The molecule has 0 amide bonds. The van der Waals surface area contributed by atoms with Crippen LogP contribution in [-0.4, -0.2) is 15.2 Å². The second kappa shape index (κ2) is 5.26. The van der Waals surface area contributed by atoms with Gasteiger partial charge >= 0.3 is 0 Å². The third-order valence-electron chi connectivity index (χ3n) is 2.90. The van der Waals surface area contributed by atoms with E-state index in [4.69, 9.17) is 17.3 Å². The smallest absolute Gasteiger partial charge is 0.153 e. The van der Waals surface area contributed by atoms with Crippen molar-refractivity contribution >= 4 is 33.3 Å². The monoisotopic (exact) mass is 348 g/mol. The van der Waals surface area contributed by atoms with Crippen LogP contribution in [0.2, 0.25) is 5.02 Å². The molecule has 0 unspecified atom stereocenters. The molecule has 2 heterocycles. The van der Waals surface area contributed by atoms with Gasteiger partial charge in [-0.1, -0.05) is 33.6 Å². The number of aromatic nitrogens is 3. The van der Waals surface area contributed by atoms with E-state index in [0.29, 0.717) is 10.8 Å². The summed E-state index contributed by atoms with van der Waals surface area (Å²) >= 11 is 9.53. The first-order valence-corrected chi connectivity index (χ1v) is 7.03. The lowest BCUT2D eigenvalue weighted by atomic mass is 10.0. The topological polar surface area (TPSA) is 67.6 Å². The average molecular weight is 350 g/mol. The lowest BCUT2D eigenvalue weighted by Crippen LogP contribution is -1.89. The molecule has 3 N–H and O–H groups in total. The largest absolute Gasteiger partial charge is 0.382 e. The Morgan fingerprint density at radius 2 is 2.05 bits per heavy atom. The number of anilines is 1. The molecule has 0 saturated heterocycles. The molecule has 0 aliphatic carbocycles. The summed E-state index contributed by atoms with van der Waals surface area (Å²) in [6.45, 7) is 0. The van der Waals surface area contributed by atoms with Crippen LogP contribution in [0.25, 0.3) is 22.4 Å². The van der Waals surface area contributed by atoms with Crippen molar-refractivity contribution in [3.8, 4) is 22.4 Å². The lowest BCUT2D eigenvalue weighted by Gasteiger charge is -2.05. The van der Waals surface area contributed by atoms with Crippen LogP contribution in [0.4, 0.5) is 5.82 Å². The Morgan fingerprint density at radius 3 is 2.75 bits per heavy atom. The Bertz CT molecular complexity index is 735. The molecule has 0 atom stereocenters. The maximum atomic E-state index is 6.10. The number of hydrogen-bond acceptors (Lipinski definition) is 3. The quantitative estimate of drug-likeness (QED) is 0.730. The molecule has 6 heteroatoms. The van der Waals surface area contributed by atoms with Crippen LogP contribution in [0.15, 0.2) is 47.2 Å². The highest BCUT2D eigenvalue weighted by Crippen LogP contribution is 2.36. The van der Waals surface area contributed by atoms with Gasteiger partial charge in [-0.2, -0.15) is 5.10 Å². The highest BCUT2D eigenvalue weighted by atomic mass is 79.9. The Hall–Kier alpha value is -1.85. The Kier molecular flexibility index (Phi) is 3.46. The molecule has 3 rings (SSSR count). The van der Waals surface area contributed by atoms with E-state index in [1.54, 1.807) is 12.4 Å². The first kappa shape index (κ1) is 13.1. The average Bonchev–Trinajstić information content (AvgIpc) is 2.80. The summed E-state index contributed by atoms with van der Waals surface area (Å²) in [5.41, 5.74) is 9.43. The van der Waals surface area contributed by atoms with Gasteiger partial charge < -0.3 is 5.73 Å². The van der Waals surface area contributed by atoms with Crippen molar-refractivity contribution in [2.75, 3.05) is 5.73 Å². The standard InChI is InChI=1S/C14H10BrClN4/c15-10-4-9(5-11(16)6-10)13-12(14(17)20-19-13)8-2-1-3-18-7-8/h1-7H,(H3,17,19,20). The summed E-state index contributed by atoms with van der Waals surface area (Å²) in [5.74, 6) is 0.434. The third-order valence-corrected chi connectivity index (χ3v) is 3.57. The van der Waals surface area contributed by atoms with Crippen LogP contribution < -0.4 is 5.73 Å². The highest BCUT2D eigenvalue weighted by molar-refractivity contribution is 9.10. The van der Waals surface area contributed by atoms with Gasteiger partial charge in [0.25, 0.3) is 0 Å². The molecule has 0 saturated carbocycles. The number of rotatable bonds is 2. The summed E-state index contributed by atoms with van der Waals surface area (Å²) < 4.78 is 0.894. The van der Waals surface area contributed by atoms with E-state index in [-0.39, 0.29) is 0 Å². The van der Waals surface area contributed by atoms with Gasteiger partial charge in [0.05, 0.1) is 11.3 Å². The van der Waals surface area contributed by atoms with Crippen molar-refractivity contribution < 1.29 is 0 Å². The number of nitrogen functional groups attached to an aromatic ring is 1. The minimum Gasteiger partial charge on any atom is -0.382 e. The zero-order valence-electron chi connectivity index (χ0n) is 10.3. The minimum absolute atomic E-state index is 0.434. The van der Waals surface area contributed by atoms with Gasteiger partial charge in [0.1, 0.15) is 0 Å². The molecule has 0 bridgehead atoms. The molecule has 2 aromatic heterocycles. The van der Waals surface area contributed by atoms with E-state index in [2.05, 4.69) is 31.1 Å². The summed E-state index contributed by atoms with van der Waals surface area (Å²) in [7, 11) is 0. The van der Waals surface area contributed by atoms with Gasteiger partial charge in [-0.25, -0.2) is 0 Å². The number of aromatic amines is 1. The molecule has 0 aliphatic heterocycles. The van der Waals surface area contributed by atoms with Gasteiger partial charge in [0, 0.05) is 33.0 Å². The first-order valence-electron chi connectivity index (χ1n) is 5.86. The fraction of sp³-hybridized carbons (Fsp3) is 0. The van der Waals surface area contributed by atoms with Gasteiger partial charge in [0.2, 0.25) is 0 Å². The van der Waals surface area contributed by atoms with E-state index in [0.717, 1.165) is 26.9 Å². The van der Waals surface area contributed by atoms with Crippen LogP contribution in [0.5, 0.6) is 0 Å². The SMILES string of the molecule is Nc1n[nH]c(-c2cc(Cl)cc(Br)c2)c1-c1cccnc1. The summed E-state index contributed by atoms with van der Waals surface area (Å²) in [4.78, 5) is 4.12. The van der Waals surface area contributed by atoms with E-state index in [1.807, 2.05) is 30.3 Å². The van der Waals surface area contributed by atoms with Crippen LogP contribution >= 0.6 is 27.5 Å². The Labute approximate surface area is 129 Å². The van der Waals surface area contributed by atoms with Crippen molar-refractivity contribution in [2.24, 2.45) is 0 Å². The van der Waals surface area contributed by atoms with E-state index < -0.39 is 0 Å². The number of H-pyrrole nitrogens is 1. The normalized spacial score (nSPS) is 10.7. The van der Waals surface area contributed by atoms with E-state index in [9.17, 15) is 0 Å². The van der Waals surface area contributed by atoms with Crippen molar-refractivity contribution in [1.82, 2.24) is 15.2 Å². The second-order valence-corrected chi connectivity index (χ2v) is 5.61.